The molecule has 2 N–H and O–H groups in total. The van der Waals surface area contributed by atoms with E-state index in [4.69, 9.17) is 9.47 Å². The molecule has 4 rings (SSSR count). The highest BCUT2D eigenvalue weighted by Crippen LogP contribution is 2.36. The summed E-state index contributed by atoms with van der Waals surface area (Å²) >= 11 is 0. The van der Waals surface area contributed by atoms with Crippen LogP contribution in [0.5, 0.6) is 11.5 Å². The summed E-state index contributed by atoms with van der Waals surface area (Å²) < 4.78 is 81.7. The van der Waals surface area contributed by atoms with E-state index in [1.165, 1.54) is 61.5 Å². The molecule has 0 saturated heterocycles. The molecular formula is C29H34FN3O8S2. The van der Waals surface area contributed by atoms with E-state index >= 15 is 0 Å². The third-order valence-corrected chi connectivity index (χ3v) is 10.5. The van der Waals surface area contributed by atoms with Gasteiger partial charge < -0.3 is 19.5 Å². The topological polar surface area (TPSA) is 143 Å². The minimum absolute atomic E-state index is 0.0252. The van der Waals surface area contributed by atoms with Gasteiger partial charge in [-0.05, 0) is 67.6 Å². The lowest BCUT2D eigenvalue weighted by Gasteiger charge is -2.38. The van der Waals surface area contributed by atoms with Crippen molar-refractivity contribution in [3.05, 3.63) is 78.1 Å². The fourth-order valence-electron chi connectivity index (χ4n) is 4.64. The molecule has 0 fully saturated rings. The van der Waals surface area contributed by atoms with Crippen LogP contribution in [0.2, 0.25) is 0 Å². The van der Waals surface area contributed by atoms with E-state index in [9.17, 15) is 31.1 Å². The van der Waals surface area contributed by atoms with E-state index in [-0.39, 0.29) is 46.5 Å². The number of para-hydroxylation sites is 1. The summed E-state index contributed by atoms with van der Waals surface area (Å²) in [6, 6.07) is 13.9. The first-order chi connectivity index (χ1) is 20.3. The number of rotatable bonds is 10. The van der Waals surface area contributed by atoms with Crippen LogP contribution in [0.25, 0.3) is 0 Å². The minimum atomic E-state index is -4.23. The number of halogens is 1. The molecule has 43 heavy (non-hydrogen) atoms. The van der Waals surface area contributed by atoms with Crippen molar-refractivity contribution in [3.8, 4) is 11.5 Å². The van der Waals surface area contributed by atoms with Crippen LogP contribution in [0, 0.1) is 11.7 Å². The molecule has 0 spiro atoms. The average molecular weight is 636 g/mol. The Morgan fingerprint density at radius 2 is 1.70 bits per heavy atom. The molecule has 11 nitrogen and oxygen atoms in total. The minimum Gasteiger partial charge on any atom is -0.497 e. The van der Waals surface area contributed by atoms with Crippen LogP contribution in [0.1, 0.15) is 24.2 Å². The Kier molecular flexibility index (Phi) is 9.64. The van der Waals surface area contributed by atoms with Crippen LogP contribution in [-0.2, 0) is 20.0 Å². The van der Waals surface area contributed by atoms with E-state index in [2.05, 4.69) is 4.72 Å². The lowest BCUT2D eigenvalue weighted by molar-refractivity contribution is 0.0389. The van der Waals surface area contributed by atoms with Crippen molar-refractivity contribution >= 4 is 31.6 Å². The highest BCUT2D eigenvalue weighted by molar-refractivity contribution is 7.92. The fraction of sp³-hybridized carbons (Fsp3) is 0.345. The number of anilines is 1. The highest BCUT2D eigenvalue weighted by atomic mass is 32.2. The van der Waals surface area contributed by atoms with Crippen molar-refractivity contribution in [1.29, 1.82) is 0 Å². The van der Waals surface area contributed by atoms with Crippen molar-refractivity contribution in [2.45, 2.75) is 35.8 Å². The summed E-state index contributed by atoms with van der Waals surface area (Å²) in [5, 5.41) is 9.90. The number of ether oxygens (including phenoxy) is 2. The van der Waals surface area contributed by atoms with Crippen LogP contribution < -0.4 is 14.2 Å². The molecule has 14 heteroatoms. The normalized spacial score (nSPS) is 18.3. The Labute approximate surface area is 250 Å². The predicted octanol–water partition coefficient (Wildman–Crippen LogP) is 3.18. The van der Waals surface area contributed by atoms with Gasteiger partial charge in [0.25, 0.3) is 15.9 Å². The van der Waals surface area contributed by atoms with Gasteiger partial charge >= 0.3 is 0 Å². The van der Waals surface area contributed by atoms with Gasteiger partial charge in [-0.15, -0.1) is 0 Å². The maximum atomic E-state index is 13.7. The fourth-order valence-corrected chi connectivity index (χ4v) is 6.88. The molecule has 1 aliphatic rings. The quantitative estimate of drug-likeness (QED) is 0.346. The van der Waals surface area contributed by atoms with Crippen LogP contribution in [0.3, 0.4) is 0 Å². The van der Waals surface area contributed by atoms with Gasteiger partial charge in [-0.1, -0.05) is 13.0 Å². The number of fused-ring (bicyclic) bond motifs is 1. The Hall–Kier alpha value is -3.72. The number of likely N-dealkylation sites (N-methyl/N-ethyl adjacent to an activating group) is 1. The molecule has 0 saturated carbocycles. The molecule has 0 aromatic heterocycles. The number of hydrogen-bond acceptors (Lipinski definition) is 8. The zero-order valence-corrected chi connectivity index (χ0v) is 25.7. The van der Waals surface area contributed by atoms with Gasteiger partial charge in [-0.2, -0.15) is 4.31 Å². The van der Waals surface area contributed by atoms with Crippen molar-refractivity contribution < 1.29 is 40.6 Å². The van der Waals surface area contributed by atoms with Gasteiger partial charge in [0.1, 0.15) is 17.7 Å². The van der Waals surface area contributed by atoms with Gasteiger partial charge in [-0.3, -0.25) is 9.52 Å². The summed E-state index contributed by atoms with van der Waals surface area (Å²) in [6.45, 7) is 3.10. The predicted molar refractivity (Wildman–Crippen MR) is 158 cm³/mol. The number of hydrogen-bond donors (Lipinski definition) is 2. The maximum absolute atomic E-state index is 13.7. The number of nitrogens with zero attached hydrogens (tertiary/aromatic N) is 2. The third kappa shape index (κ3) is 6.93. The molecule has 0 unspecified atom stereocenters. The molecule has 3 atom stereocenters. The third-order valence-electron chi connectivity index (χ3n) is 7.26. The molecule has 3 aromatic rings. The van der Waals surface area contributed by atoms with Crippen LogP contribution in [0.15, 0.2) is 76.5 Å². The van der Waals surface area contributed by atoms with Crippen molar-refractivity contribution in [2.24, 2.45) is 5.92 Å². The molecule has 1 amide bonds. The number of carbonyl (C=O) groups excluding carboxylic acids is 1. The highest BCUT2D eigenvalue weighted by Gasteiger charge is 2.36. The molecule has 1 heterocycles. The summed E-state index contributed by atoms with van der Waals surface area (Å²) in [5.74, 6) is -1.17. The van der Waals surface area contributed by atoms with Gasteiger partial charge in [0.05, 0.1) is 47.3 Å². The van der Waals surface area contributed by atoms with E-state index in [1.54, 1.807) is 13.8 Å². The van der Waals surface area contributed by atoms with Gasteiger partial charge in [0.15, 0.2) is 5.75 Å². The Balaban J connectivity index is 1.74. The Morgan fingerprint density at radius 1 is 1.07 bits per heavy atom. The molecule has 3 aromatic carbocycles. The number of carbonyl (C=O) groups is 1. The van der Waals surface area contributed by atoms with Crippen LogP contribution in [0.4, 0.5) is 10.1 Å². The standard InChI is InChI=1S/C29H34FN3O8S2/c1-19-16-33(20(2)18-34)29(35)25-6-5-7-26(31-42(36,37)23-12-8-21(30)9-13-23)28(25)41-27(19)17-32(3)43(38,39)24-14-10-22(40-4)11-15-24/h5-15,19-20,27,31,34H,16-18H2,1-4H3/t19-,20+,27-/m1/s1. The number of aliphatic hydroxyl groups excluding tert-OH is 1. The summed E-state index contributed by atoms with van der Waals surface area (Å²) in [4.78, 5) is 15.0. The first kappa shape index (κ1) is 32.2. The maximum Gasteiger partial charge on any atom is 0.262 e. The number of amides is 1. The molecule has 0 bridgehead atoms. The number of nitrogens with one attached hydrogen (secondary N) is 1. The second-order valence-electron chi connectivity index (χ2n) is 10.3. The summed E-state index contributed by atoms with van der Waals surface area (Å²) in [6.07, 6.45) is -0.852. The van der Waals surface area contributed by atoms with Crippen molar-refractivity contribution in [1.82, 2.24) is 9.21 Å². The second-order valence-corrected chi connectivity index (χ2v) is 14.1. The van der Waals surface area contributed by atoms with Crippen molar-refractivity contribution in [3.63, 3.8) is 0 Å². The lowest BCUT2D eigenvalue weighted by atomic mass is 9.99. The summed E-state index contributed by atoms with van der Waals surface area (Å²) in [7, 11) is -5.33. The zero-order valence-electron chi connectivity index (χ0n) is 24.1. The van der Waals surface area contributed by atoms with E-state index in [0.717, 1.165) is 28.6 Å². The van der Waals surface area contributed by atoms with Crippen LogP contribution in [-0.4, -0.2) is 83.1 Å². The number of methoxy groups -OCH3 is 1. The largest absolute Gasteiger partial charge is 0.497 e. The van der Waals surface area contributed by atoms with E-state index < -0.39 is 49.8 Å². The average Bonchev–Trinajstić information content (AvgIpc) is 2.98. The molecule has 232 valence electrons. The first-order valence-corrected chi connectivity index (χ1v) is 16.3. The monoisotopic (exact) mass is 635 g/mol. The summed E-state index contributed by atoms with van der Waals surface area (Å²) in [5.41, 5.74) is -0.0382. The molecule has 0 aliphatic carbocycles. The van der Waals surface area contributed by atoms with Gasteiger partial charge in [0, 0.05) is 19.5 Å². The number of sulfonamides is 2. The molecule has 1 aliphatic heterocycles. The van der Waals surface area contributed by atoms with Gasteiger partial charge in [0.2, 0.25) is 10.0 Å². The number of aliphatic hydroxyl groups is 1. The molecule has 0 radical (unpaired) electrons. The van der Waals surface area contributed by atoms with E-state index in [0.29, 0.717) is 5.75 Å². The Morgan fingerprint density at radius 3 is 2.30 bits per heavy atom. The lowest BCUT2D eigenvalue weighted by Crippen LogP contribution is -2.50. The molecular weight excluding hydrogens is 601 g/mol. The Bertz CT molecular complexity index is 1670. The number of benzene rings is 3. The SMILES string of the molecule is COc1ccc(S(=O)(=O)N(C)C[C@H]2Oc3c(NS(=O)(=O)c4ccc(F)cc4)cccc3C(=O)N([C@@H](C)CO)C[C@H]2C)cc1. The smallest absolute Gasteiger partial charge is 0.262 e. The van der Waals surface area contributed by atoms with Crippen LogP contribution >= 0.6 is 0 Å². The van der Waals surface area contributed by atoms with E-state index in [1.807, 2.05) is 0 Å². The zero-order chi connectivity index (χ0) is 31.5. The second kappa shape index (κ2) is 12.9. The van der Waals surface area contributed by atoms with Gasteiger partial charge in [-0.25, -0.2) is 21.2 Å². The van der Waals surface area contributed by atoms with Crippen molar-refractivity contribution in [2.75, 3.05) is 38.6 Å². The first-order valence-electron chi connectivity index (χ1n) is 13.4.